The molecule has 12 nitrogen and oxygen atoms in total. The highest BCUT2D eigenvalue weighted by atomic mass is 19.1. The van der Waals surface area contributed by atoms with E-state index in [4.69, 9.17) is 25.1 Å². The highest BCUT2D eigenvalue weighted by molar-refractivity contribution is 6.01. The Bertz CT molecular complexity index is 1860. The fourth-order valence-corrected chi connectivity index (χ4v) is 5.52. The summed E-state index contributed by atoms with van der Waals surface area (Å²) in [6.45, 7) is 0.604. The Balaban J connectivity index is 1.60. The second-order valence-corrected chi connectivity index (χ2v) is 11.0. The molecule has 0 unspecified atom stereocenters. The number of nitrogens with zero attached hydrogens (tertiary/aromatic N) is 7. The minimum absolute atomic E-state index is 0.00303. The molecule has 4 aromatic rings. The number of carbonyl (C=O) groups excluding carboxylic acids is 1. The van der Waals surface area contributed by atoms with Gasteiger partial charge in [-0.15, -0.1) is 0 Å². The zero-order chi connectivity index (χ0) is 33.8. The fourth-order valence-electron chi connectivity index (χ4n) is 5.52. The van der Waals surface area contributed by atoms with Crippen molar-refractivity contribution in [2.75, 3.05) is 19.8 Å². The Kier molecular flexibility index (Phi) is 11.2. The number of azide groups is 2. The maximum absolute atomic E-state index is 14.6. The topological polar surface area (TPSA) is 178 Å². The number of aliphatic hydroxyl groups excluding tert-OH is 1. The summed E-state index contributed by atoms with van der Waals surface area (Å²) >= 11 is 0. The highest BCUT2D eigenvalue weighted by Gasteiger charge is 2.54. The SMILES string of the molecule is [N-]=[N+]=NCc1ccccc1[C@H]1OC(c2ccc(OCCCO)cc2)=N[C@@]1(Cc1ccccc1N=[N+]=[N-])C(=O)NCCc1ccc(F)cc1. The number of nitrogens with one attached hydrogen (secondary N) is 1. The van der Waals surface area contributed by atoms with E-state index in [0.717, 1.165) is 5.56 Å². The number of halogens is 1. The van der Waals surface area contributed by atoms with Crippen LogP contribution in [0.15, 0.2) is 112 Å². The summed E-state index contributed by atoms with van der Waals surface area (Å²) in [5.74, 6) is 0.00545. The van der Waals surface area contributed by atoms with Crippen LogP contribution >= 0.6 is 0 Å². The van der Waals surface area contributed by atoms with Crippen LogP contribution in [0.1, 0.15) is 40.3 Å². The van der Waals surface area contributed by atoms with Crippen molar-refractivity contribution in [1.82, 2.24) is 5.32 Å². The van der Waals surface area contributed by atoms with Crippen molar-refractivity contribution in [2.45, 2.75) is 37.5 Å². The molecule has 0 saturated heterocycles. The van der Waals surface area contributed by atoms with E-state index in [1.165, 1.54) is 12.1 Å². The zero-order valence-electron chi connectivity index (χ0n) is 25.9. The summed E-state index contributed by atoms with van der Waals surface area (Å²) in [4.78, 5) is 25.5. The summed E-state index contributed by atoms with van der Waals surface area (Å²) in [7, 11) is 0. The molecule has 0 aliphatic carbocycles. The monoisotopic (exact) mass is 648 g/mol. The number of hydrogen-bond acceptors (Lipinski definition) is 7. The zero-order valence-corrected chi connectivity index (χ0v) is 25.9. The lowest BCUT2D eigenvalue weighted by atomic mass is 9.80. The third kappa shape index (κ3) is 7.91. The predicted octanol–water partition coefficient (Wildman–Crippen LogP) is 7.20. The minimum atomic E-state index is -1.61. The number of benzene rings is 4. The molecule has 48 heavy (non-hydrogen) atoms. The van der Waals surface area contributed by atoms with E-state index in [-0.39, 0.29) is 37.8 Å². The molecule has 5 rings (SSSR count). The van der Waals surface area contributed by atoms with Crippen molar-refractivity contribution in [1.29, 1.82) is 0 Å². The third-order valence-electron chi connectivity index (χ3n) is 7.89. The van der Waals surface area contributed by atoms with Crippen molar-refractivity contribution in [3.63, 3.8) is 0 Å². The van der Waals surface area contributed by atoms with E-state index in [1.54, 1.807) is 78.9 Å². The molecule has 1 aliphatic heterocycles. The first kappa shape index (κ1) is 33.5. The van der Waals surface area contributed by atoms with Gasteiger partial charge in [0.15, 0.2) is 11.6 Å². The average molecular weight is 649 g/mol. The molecule has 0 radical (unpaired) electrons. The van der Waals surface area contributed by atoms with Crippen LogP contribution in [0.3, 0.4) is 0 Å². The first-order chi connectivity index (χ1) is 23.5. The summed E-state index contributed by atoms with van der Waals surface area (Å²) in [5.41, 5.74) is 20.4. The van der Waals surface area contributed by atoms with E-state index in [0.29, 0.717) is 53.1 Å². The van der Waals surface area contributed by atoms with Gasteiger partial charge < -0.3 is 19.9 Å². The fraction of sp³-hybridized carbons (Fsp3) is 0.257. The van der Waals surface area contributed by atoms with E-state index >= 15 is 0 Å². The van der Waals surface area contributed by atoms with Crippen LogP contribution in [0.4, 0.5) is 10.1 Å². The van der Waals surface area contributed by atoms with E-state index in [9.17, 15) is 14.7 Å². The predicted molar refractivity (Wildman–Crippen MR) is 178 cm³/mol. The Morgan fingerprint density at radius 3 is 2.44 bits per heavy atom. The smallest absolute Gasteiger partial charge is 0.252 e. The number of aliphatic imine (C=N–C) groups is 1. The van der Waals surface area contributed by atoms with Gasteiger partial charge in [-0.1, -0.05) is 70.9 Å². The molecule has 0 saturated carbocycles. The number of aliphatic hydroxyl groups is 1. The molecule has 1 heterocycles. The molecule has 2 atom stereocenters. The molecule has 244 valence electrons. The molecule has 0 spiro atoms. The van der Waals surface area contributed by atoms with E-state index < -0.39 is 17.6 Å². The average Bonchev–Trinajstić information content (AvgIpc) is 3.50. The summed E-state index contributed by atoms with van der Waals surface area (Å²) in [5, 5.41) is 19.7. The van der Waals surface area contributed by atoms with Crippen LogP contribution in [0.2, 0.25) is 0 Å². The summed E-state index contributed by atoms with van der Waals surface area (Å²) in [6.07, 6.45) is -0.0604. The van der Waals surface area contributed by atoms with E-state index in [2.05, 4.69) is 25.4 Å². The normalized spacial score (nSPS) is 16.5. The Hall–Kier alpha value is -5.87. The van der Waals surface area contributed by atoms with Crippen molar-refractivity contribution >= 4 is 17.5 Å². The molecular weight excluding hydrogens is 615 g/mol. The number of rotatable bonds is 15. The minimum Gasteiger partial charge on any atom is -0.494 e. The van der Waals surface area contributed by atoms with E-state index in [1.807, 2.05) is 6.07 Å². The van der Waals surface area contributed by atoms with Crippen molar-refractivity contribution < 1.29 is 23.8 Å². The molecular formula is C35H33FN8O4. The maximum Gasteiger partial charge on any atom is 0.252 e. The van der Waals surface area contributed by atoms with Gasteiger partial charge in [-0.3, -0.25) is 4.79 Å². The van der Waals surface area contributed by atoms with Gasteiger partial charge in [0, 0.05) is 47.1 Å². The van der Waals surface area contributed by atoms with Crippen molar-refractivity contribution in [3.8, 4) is 5.75 Å². The van der Waals surface area contributed by atoms with Crippen LogP contribution in [0.25, 0.3) is 20.9 Å². The number of hydrogen-bond donors (Lipinski definition) is 2. The van der Waals surface area contributed by atoms with Crippen LogP contribution in [-0.2, 0) is 28.9 Å². The van der Waals surface area contributed by atoms with Crippen molar-refractivity contribution in [2.24, 2.45) is 15.2 Å². The van der Waals surface area contributed by atoms with Gasteiger partial charge in [0.2, 0.25) is 5.90 Å². The van der Waals surface area contributed by atoms with Crippen LogP contribution in [0, 0.1) is 5.82 Å². The van der Waals surface area contributed by atoms with Crippen LogP contribution in [0.5, 0.6) is 5.75 Å². The Morgan fingerprint density at radius 2 is 1.71 bits per heavy atom. The van der Waals surface area contributed by atoms with Crippen molar-refractivity contribution in [3.05, 3.63) is 152 Å². The molecule has 13 heteroatoms. The van der Waals surface area contributed by atoms with Gasteiger partial charge in [0.1, 0.15) is 11.6 Å². The lowest BCUT2D eigenvalue weighted by molar-refractivity contribution is -0.128. The molecule has 1 amide bonds. The first-order valence-electron chi connectivity index (χ1n) is 15.3. The number of amides is 1. The lowest BCUT2D eigenvalue weighted by Crippen LogP contribution is -2.50. The maximum atomic E-state index is 14.6. The molecule has 1 aliphatic rings. The van der Waals surface area contributed by atoms with Gasteiger partial charge in [-0.25, -0.2) is 9.38 Å². The Labute approximate surface area is 276 Å². The second-order valence-electron chi connectivity index (χ2n) is 11.0. The number of carbonyl (C=O) groups is 1. The molecule has 2 N–H and O–H groups in total. The standard InChI is InChI=1S/C35H33FN8O4/c36-28-14-10-24(11-15-28)18-19-39-34(46)35(22-26-6-2-4-9-31(26)42-44-38)32(30-8-3-1-7-27(30)23-40-43-37)48-33(41-35)25-12-16-29(17-13-25)47-21-5-20-45/h1-4,6-17,32,45H,5,18-23H2,(H,39,46)/t32-,35-/m1/s1. The quantitative estimate of drug-likeness (QED) is 0.0600. The second kappa shape index (κ2) is 16.1. The summed E-state index contributed by atoms with van der Waals surface area (Å²) < 4.78 is 25.8. The largest absolute Gasteiger partial charge is 0.494 e. The summed E-state index contributed by atoms with van der Waals surface area (Å²) in [6, 6.07) is 27.3. The van der Waals surface area contributed by atoms with Gasteiger partial charge in [-0.2, -0.15) is 0 Å². The molecule has 0 fully saturated rings. The van der Waals surface area contributed by atoms with Gasteiger partial charge >= 0.3 is 0 Å². The van der Waals surface area contributed by atoms with Gasteiger partial charge in [-0.05, 0) is 76.1 Å². The Morgan fingerprint density at radius 1 is 0.979 bits per heavy atom. The van der Waals surface area contributed by atoms with Crippen LogP contribution in [-0.4, -0.2) is 42.2 Å². The van der Waals surface area contributed by atoms with Gasteiger partial charge in [0.25, 0.3) is 5.91 Å². The van der Waals surface area contributed by atoms with Crippen LogP contribution < -0.4 is 10.1 Å². The highest BCUT2D eigenvalue weighted by Crippen LogP contribution is 2.44. The molecule has 0 aromatic heterocycles. The van der Waals surface area contributed by atoms with Gasteiger partial charge in [0.05, 0.1) is 13.2 Å². The molecule has 4 aromatic carbocycles. The first-order valence-corrected chi connectivity index (χ1v) is 15.3. The lowest BCUT2D eigenvalue weighted by Gasteiger charge is -2.32. The molecule has 0 bridgehead atoms. The third-order valence-corrected chi connectivity index (χ3v) is 7.89. The number of ether oxygens (including phenoxy) is 2.